The monoisotopic (exact) mass is 340 g/mol. The van der Waals surface area contributed by atoms with Crippen molar-refractivity contribution in [3.8, 4) is 0 Å². The first kappa shape index (κ1) is 17.2. The van der Waals surface area contributed by atoms with Crippen molar-refractivity contribution in [2.75, 3.05) is 11.4 Å². The highest BCUT2D eigenvalue weighted by molar-refractivity contribution is 6.00. The Kier molecular flexibility index (Phi) is 4.88. The highest BCUT2D eigenvalue weighted by Gasteiger charge is 2.34. The van der Waals surface area contributed by atoms with Gasteiger partial charge >= 0.3 is 0 Å². The Labute approximate surface area is 147 Å². The molecule has 0 bridgehead atoms. The number of carbonyl (C=O) groups is 2. The van der Waals surface area contributed by atoms with Crippen LogP contribution in [0.3, 0.4) is 0 Å². The quantitative estimate of drug-likeness (QED) is 0.927. The van der Waals surface area contributed by atoms with Crippen LogP contribution in [0.25, 0.3) is 0 Å². The van der Waals surface area contributed by atoms with Gasteiger partial charge in [-0.2, -0.15) is 5.10 Å². The van der Waals surface area contributed by atoms with Crippen molar-refractivity contribution in [2.24, 2.45) is 5.92 Å². The molecule has 3 rings (SSSR count). The van der Waals surface area contributed by atoms with Crippen LogP contribution in [0, 0.1) is 5.92 Å². The minimum absolute atomic E-state index is 0.00800. The predicted octanol–water partition coefficient (Wildman–Crippen LogP) is 2.17. The van der Waals surface area contributed by atoms with Crippen molar-refractivity contribution in [1.29, 1.82) is 0 Å². The molecule has 2 atom stereocenters. The van der Waals surface area contributed by atoms with E-state index in [4.69, 9.17) is 0 Å². The lowest BCUT2D eigenvalue weighted by Gasteiger charge is -2.37. The maximum atomic E-state index is 13.2. The van der Waals surface area contributed by atoms with E-state index < -0.39 is 6.04 Å². The van der Waals surface area contributed by atoms with Gasteiger partial charge in [0.25, 0.3) is 0 Å². The lowest BCUT2D eigenvalue weighted by Crippen LogP contribution is -2.53. The maximum absolute atomic E-state index is 13.2. The summed E-state index contributed by atoms with van der Waals surface area (Å²) in [5, 5.41) is 7.15. The first-order valence-corrected chi connectivity index (χ1v) is 8.63. The lowest BCUT2D eigenvalue weighted by atomic mass is 9.95. The Morgan fingerprint density at radius 3 is 2.64 bits per heavy atom. The van der Waals surface area contributed by atoms with E-state index in [1.165, 1.54) is 6.92 Å². The number of para-hydroxylation sites is 1. The molecule has 0 saturated heterocycles. The van der Waals surface area contributed by atoms with Crippen molar-refractivity contribution in [2.45, 2.75) is 39.3 Å². The number of anilines is 1. The maximum Gasteiger partial charge on any atom is 0.249 e. The number of nitrogens with zero attached hydrogens (tertiary/aromatic N) is 3. The Balaban J connectivity index is 1.95. The fourth-order valence-corrected chi connectivity index (χ4v) is 3.36. The molecule has 0 saturated carbocycles. The van der Waals surface area contributed by atoms with Crippen molar-refractivity contribution >= 4 is 17.5 Å². The van der Waals surface area contributed by atoms with Crippen LogP contribution >= 0.6 is 0 Å². The van der Waals surface area contributed by atoms with Gasteiger partial charge in [-0.1, -0.05) is 32.0 Å². The summed E-state index contributed by atoms with van der Waals surface area (Å²) >= 11 is 0. The largest absolute Gasteiger partial charge is 0.344 e. The Morgan fingerprint density at radius 1 is 1.24 bits per heavy atom. The third kappa shape index (κ3) is 3.57. The van der Waals surface area contributed by atoms with Crippen LogP contribution in [0.2, 0.25) is 0 Å². The predicted molar refractivity (Wildman–Crippen MR) is 96.2 cm³/mol. The molecule has 1 aliphatic rings. The highest BCUT2D eigenvalue weighted by atomic mass is 16.2. The molecule has 1 aromatic heterocycles. The fourth-order valence-electron chi connectivity index (χ4n) is 3.36. The molecule has 1 N–H and O–H groups in total. The normalized spacial score (nSPS) is 17.9. The summed E-state index contributed by atoms with van der Waals surface area (Å²) < 4.78 is 1.90. The number of benzene rings is 1. The molecule has 132 valence electrons. The summed E-state index contributed by atoms with van der Waals surface area (Å²) in [5.74, 6) is -0.260. The zero-order valence-corrected chi connectivity index (χ0v) is 14.8. The van der Waals surface area contributed by atoms with Gasteiger partial charge in [-0.05, 0) is 30.0 Å². The van der Waals surface area contributed by atoms with E-state index in [-0.39, 0.29) is 23.8 Å². The standard InChI is InChI=1S/C19H24N4O2/c1-13(2)18(21-14(3)24)19(25)22-12-16(23-10-6-9-20-23)11-15-7-4-5-8-17(15)22/h4-10,13,16,18H,11-12H2,1-3H3,(H,21,24). The van der Waals surface area contributed by atoms with Crippen molar-refractivity contribution < 1.29 is 9.59 Å². The summed E-state index contributed by atoms with van der Waals surface area (Å²) in [7, 11) is 0. The molecule has 0 radical (unpaired) electrons. The topological polar surface area (TPSA) is 67.2 Å². The molecule has 1 aliphatic heterocycles. The average molecular weight is 340 g/mol. The second kappa shape index (κ2) is 7.09. The Hall–Kier alpha value is -2.63. The van der Waals surface area contributed by atoms with E-state index in [1.54, 1.807) is 11.1 Å². The molecule has 6 nitrogen and oxygen atoms in total. The summed E-state index contributed by atoms with van der Waals surface area (Å²) in [6, 6.07) is 9.38. The van der Waals surface area contributed by atoms with Crippen LogP contribution in [0.5, 0.6) is 0 Å². The average Bonchev–Trinajstić information content (AvgIpc) is 3.12. The minimum Gasteiger partial charge on any atom is -0.344 e. The van der Waals surface area contributed by atoms with Gasteiger partial charge in [-0.25, -0.2) is 0 Å². The summed E-state index contributed by atoms with van der Waals surface area (Å²) in [6.45, 7) is 5.87. The third-order valence-corrected chi connectivity index (χ3v) is 4.59. The van der Waals surface area contributed by atoms with E-state index in [2.05, 4.69) is 10.4 Å². The zero-order chi connectivity index (χ0) is 18.0. The molecule has 25 heavy (non-hydrogen) atoms. The molecule has 6 heteroatoms. The number of carbonyl (C=O) groups excluding carboxylic acids is 2. The molecule has 1 aromatic carbocycles. The van der Waals surface area contributed by atoms with Gasteiger partial charge in [0.05, 0.1) is 6.04 Å². The minimum atomic E-state index is -0.540. The fraction of sp³-hybridized carbons (Fsp3) is 0.421. The molecule has 2 aromatic rings. The Bertz CT molecular complexity index is 755. The van der Waals surface area contributed by atoms with Crippen LogP contribution in [0.1, 0.15) is 32.4 Å². The number of hydrogen-bond donors (Lipinski definition) is 1. The van der Waals surface area contributed by atoms with E-state index in [1.807, 2.05) is 55.1 Å². The second-order valence-electron chi connectivity index (χ2n) is 6.84. The molecule has 0 fully saturated rings. The van der Waals surface area contributed by atoms with Gasteiger partial charge in [0, 0.05) is 31.5 Å². The number of aromatic nitrogens is 2. The van der Waals surface area contributed by atoms with E-state index in [9.17, 15) is 9.59 Å². The molecule has 2 unspecified atom stereocenters. The van der Waals surface area contributed by atoms with Gasteiger partial charge < -0.3 is 10.2 Å². The van der Waals surface area contributed by atoms with Gasteiger partial charge in [0.1, 0.15) is 6.04 Å². The first-order chi connectivity index (χ1) is 12.0. The van der Waals surface area contributed by atoms with Crippen molar-refractivity contribution in [3.63, 3.8) is 0 Å². The number of nitrogens with one attached hydrogen (secondary N) is 1. The lowest BCUT2D eigenvalue weighted by molar-refractivity contribution is -0.127. The van der Waals surface area contributed by atoms with Crippen LogP contribution in [0.15, 0.2) is 42.7 Å². The summed E-state index contributed by atoms with van der Waals surface area (Å²) in [5.41, 5.74) is 2.04. The van der Waals surface area contributed by atoms with Gasteiger partial charge in [0.2, 0.25) is 11.8 Å². The van der Waals surface area contributed by atoms with Crippen molar-refractivity contribution in [1.82, 2.24) is 15.1 Å². The van der Waals surface area contributed by atoms with Crippen LogP contribution in [-0.2, 0) is 16.0 Å². The van der Waals surface area contributed by atoms with E-state index in [0.717, 1.165) is 17.7 Å². The van der Waals surface area contributed by atoms with Crippen LogP contribution in [-0.4, -0.2) is 34.2 Å². The van der Waals surface area contributed by atoms with Gasteiger partial charge in [-0.15, -0.1) is 0 Å². The van der Waals surface area contributed by atoms with Crippen LogP contribution < -0.4 is 10.2 Å². The number of hydrogen-bond acceptors (Lipinski definition) is 3. The summed E-state index contributed by atoms with van der Waals surface area (Å²) in [6.07, 6.45) is 4.50. The second-order valence-corrected chi connectivity index (χ2v) is 6.84. The number of amides is 2. The van der Waals surface area contributed by atoms with Crippen LogP contribution in [0.4, 0.5) is 5.69 Å². The molecular formula is C19H24N4O2. The van der Waals surface area contributed by atoms with Gasteiger partial charge in [-0.3, -0.25) is 14.3 Å². The van der Waals surface area contributed by atoms with E-state index >= 15 is 0 Å². The molecule has 0 spiro atoms. The highest BCUT2D eigenvalue weighted by Crippen LogP contribution is 2.32. The third-order valence-electron chi connectivity index (χ3n) is 4.59. The molecule has 2 heterocycles. The number of fused-ring (bicyclic) bond motifs is 1. The molecule has 0 aliphatic carbocycles. The van der Waals surface area contributed by atoms with Crippen molar-refractivity contribution in [3.05, 3.63) is 48.3 Å². The first-order valence-electron chi connectivity index (χ1n) is 8.63. The van der Waals surface area contributed by atoms with Gasteiger partial charge in [0.15, 0.2) is 0 Å². The summed E-state index contributed by atoms with van der Waals surface area (Å²) in [4.78, 5) is 26.6. The SMILES string of the molecule is CC(=O)NC(C(=O)N1CC(n2cccn2)Cc2ccccc21)C(C)C. The molecule has 2 amide bonds. The number of rotatable bonds is 4. The molecular weight excluding hydrogens is 316 g/mol. The Morgan fingerprint density at radius 2 is 2.00 bits per heavy atom. The zero-order valence-electron chi connectivity index (χ0n) is 14.8. The van der Waals surface area contributed by atoms with E-state index in [0.29, 0.717) is 6.54 Å². The smallest absolute Gasteiger partial charge is 0.249 e.